The highest BCUT2D eigenvalue weighted by Gasteiger charge is 2.36. The van der Waals surface area contributed by atoms with Crippen LogP contribution in [0.1, 0.15) is 81.2 Å². The van der Waals surface area contributed by atoms with Crippen LogP contribution in [-0.4, -0.2) is 54.0 Å². The molecule has 0 aliphatic carbocycles. The number of benzene rings is 4. The maximum absolute atomic E-state index is 13.6. The first kappa shape index (κ1) is 38.9. The molecule has 4 aromatic carbocycles. The second-order valence-corrected chi connectivity index (χ2v) is 11.8. The summed E-state index contributed by atoms with van der Waals surface area (Å²) in [5.41, 5.74) is -0.730. The second kappa shape index (κ2) is 18.4. The molecule has 274 valence electrons. The minimum Gasteiger partial charge on any atom is -0.497 e. The van der Waals surface area contributed by atoms with E-state index in [0.29, 0.717) is 23.5 Å². The molecule has 0 radical (unpaired) electrons. The van der Waals surface area contributed by atoms with Crippen LogP contribution in [0, 0.1) is 0 Å². The van der Waals surface area contributed by atoms with E-state index in [1.165, 1.54) is 68.8 Å². The van der Waals surface area contributed by atoms with Crippen LogP contribution in [0.2, 0.25) is 0 Å². The third kappa shape index (κ3) is 11.3. The van der Waals surface area contributed by atoms with E-state index in [0.717, 1.165) is 29.9 Å². The van der Waals surface area contributed by atoms with Gasteiger partial charge in [-0.05, 0) is 90.8 Å². The van der Waals surface area contributed by atoms with Crippen LogP contribution in [-0.2, 0) is 17.5 Å². The summed E-state index contributed by atoms with van der Waals surface area (Å²) in [5.74, 6) is -2.67. The summed E-state index contributed by atoms with van der Waals surface area (Å²) in [5, 5.41) is 11.9. The molecule has 0 spiro atoms. The molecule has 0 aliphatic heterocycles. The van der Waals surface area contributed by atoms with Crippen molar-refractivity contribution < 1.29 is 51.7 Å². The number of ether oxygens (including phenoxy) is 3. The molecule has 13 heteroatoms. The molecule has 0 bridgehead atoms. The quantitative estimate of drug-likeness (QED) is 0.0634. The zero-order chi connectivity index (χ0) is 37.7. The predicted molar refractivity (Wildman–Crippen MR) is 187 cm³/mol. The third-order valence-electron chi connectivity index (χ3n) is 7.89. The Bertz CT molecular complexity index is 1830. The Kier molecular flexibility index (Phi) is 13.8. The number of hydrogen-bond acceptors (Lipinski definition) is 7. The van der Waals surface area contributed by atoms with Gasteiger partial charge in [0.25, 0.3) is 11.8 Å². The number of halogens is 3. The first-order valence-corrected chi connectivity index (χ1v) is 16.6. The van der Waals surface area contributed by atoms with Crippen LogP contribution in [0.25, 0.3) is 0 Å². The van der Waals surface area contributed by atoms with Crippen molar-refractivity contribution in [1.29, 1.82) is 0 Å². The monoisotopic (exact) mass is 720 g/mol. The molecule has 52 heavy (non-hydrogen) atoms. The van der Waals surface area contributed by atoms with Crippen molar-refractivity contribution in [3.8, 4) is 17.2 Å². The zero-order valence-electron chi connectivity index (χ0n) is 28.7. The average Bonchev–Trinajstić information content (AvgIpc) is 3.13. The Balaban J connectivity index is 1.35. The number of hydrogen-bond donors (Lipinski definition) is 2. The number of nitrogens with zero attached hydrogens (tertiary/aromatic N) is 1. The van der Waals surface area contributed by atoms with Crippen LogP contribution < -0.4 is 19.5 Å². The highest BCUT2D eigenvalue weighted by molar-refractivity contribution is 6.06. The van der Waals surface area contributed by atoms with Crippen LogP contribution >= 0.6 is 0 Å². The van der Waals surface area contributed by atoms with Gasteiger partial charge in [-0.15, -0.1) is 0 Å². The van der Waals surface area contributed by atoms with Crippen LogP contribution in [0.4, 0.5) is 18.9 Å². The molecule has 0 fully saturated rings. The normalized spacial score (nSPS) is 11.0. The number of methoxy groups -OCH3 is 1. The fourth-order valence-electron chi connectivity index (χ4n) is 5.15. The number of esters is 1. The zero-order valence-corrected chi connectivity index (χ0v) is 28.7. The van der Waals surface area contributed by atoms with Gasteiger partial charge < -0.3 is 29.5 Å². The average molecular weight is 721 g/mol. The minimum absolute atomic E-state index is 0.0663. The van der Waals surface area contributed by atoms with E-state index >= 15 is 0 Å². The van der Waals surface area contributed by atoms with Crippen LogP contribution in [0.5, 0.6) is 17.2 Å². The predicted octanol–water partition coefficient (Wildman–Crippen LogP) is 8.26. The van der Waals surface area contributed by atoms with Gasteiger partial charge in [0.05, 0.1) is 30.4 Å². The molecular weight excluding hydrogens is 681 g/mol. The fraction of sp³-hybridized carbons (Fsp3) is 0.282. The number of anilines is 1. The molecule has 2 amide bonds. The number of alkyl halides is 3. The molecular formula is C39H39F3N2O8. The Morgan fingerprint density at radius 3 is 2.00 bits per heavy atom. The number of carboxylic acid groups (broad SMARTS) is 1. The Morgan fingerprint density at radius 1 is 0.769 bits per heavy atom. The number of amides is 2. The highest BCUT2D eigenvalue weighted by Crippen LogP contribution is 2.35. The maximum atomic E-state index is 13.6. The second-order valence-electron chi connectivity index (χ2n) is 11.8. The summed E-state index contributed by atoms with van der Waals surface area (Å²) in [6.45, 7) is 2.03. The number of unbranched alkanes of at least 4 members (excludes halogenated alkanes) is 4. The Labute approximate surface area is 299 Å². The largest absolute Gasteiger partial charge is 0.497 e. The van der Waals surface area contributed by atoms with E-state index in [9.17, 15) is 37.5 Å². The standard InChI is InChI=1S/C39H39F3N2O8/c1-3-4-5-6-7-22-51-30-18-12-28(13-19-30)38(49)52-31-16-8-26(9-17-31)24-44(25-35(45)46)37(48)27-10-14-29(15-11-27)43-36(47)33-21-20-32(50-2)23-34(33)39(40,41)42/h8-21,23H,3-7,22,24-25H2,1-2H3,(H,43,47)(H,45,46). The first-order valence-electron chi connectivity index (χ1n) is 16.6. The lowest BCUT2D eigenvalue weighted by molar-refractivity contribution is -0.138. The molecule has 0 unspecified atom stereocenters. The molecule has 4 aromatic rings. The Morgan fingerprint density at radius 2 is 1.38 bits per heavy atom. The van der Waals surface area contributed by atoms with E-state index in [4.69, 9.17) is 14.2 Å². The lowest BCUT2D eigenvalue weighted by atomic mass is 10.1. The summed E-state index contributed by atoms with van der Waals surface area (Å²) in [6.07, 6.45) is 0.819. The summed E-state index contributed by atoms with van der Waals surface area (Å²) >= 11 is 0. The number of rotatable bonds is 17. The minimum atomic E-state index is -4.81. The third-order valence-corrected chi connectivity index (χ3v) is 7.89. The van der Waals surface area contributed by atoms with Crippen molar-refractivity contribution in [2.24, 2.45) is 0 Å². The van der Waals surface area contributed by atoms with Gasteiger partial charge in [0, 0.05) is 17.8 Å². The van der Waals surface area contributed by atoms with Crippen LogP contribution in [0.3, 0.4) is 0 Å². The first-order chi connectivity index (χ1) is 24.9. The van der Waals surface area contributed by atoms with Gasteiger partial charge in [-0.2, -0.15) is 13.2 Å². The molecule has 0 atom stereocenters. The van der Waals surface area contributed by atoms with Crippen molar-refractivity contribution in [2.45, 2.75) is 51.7 Å². The van der Waals surface area contributed by atoms with Crippen molar-refractivity contribution in [3.05, 3.63) is 119 Å². The lowest BCUT2D eigenvalue weighted by Gasteiger charge is -2.21. The van der Waals surface area contributed by atoms with E-state index < -0.39 is 47.6 Å². The topological polar surface area (TPSA) is 131 Å². The Hall–Kier alpha value is -5.85. The molecule has 0 saturated heterocycles. The summed E-state index contributed by atoms with van der Waals surface area (Å²) in [6, 6.07) is 21.1. The van der Waals surface area contributed by atoms with Crippen molar-refractivity contribution >= 4 is 29.4 Å². The number of carbonyl (C=O) groups excluding carboxylic acids is 3. The molecule has 2 N–H and O–H groups in total. The van der Waals surface area contributed by atoms with Crippen molar-refractivity contribution in [3.63, 3.8) is 0 Å². The number of carbonyl (C=O) groups is 4. The van der Waals surface area contributed by atoms with E-state index in [-0.39, 0.29) is 29.3 Å². The van der Waals surface area contributed by atoms with Crippen molar-refractivity contribution in [1.82, 2.24) is 4.90 Å². The summed E-state index contributed by atoms with van der Waals surface area (Å²) < 4.78 is 56.8. The molecule has 10 nitrogen and oxygen atoms in total. The smallest absolute Gasteiger partial charge is 0.417 e. The molecule has 0 heterocycles. The molecule has 0 saturated carbocycles. The SMILES string of the molecule is CCCCCCCOc1ccc(C(=O)Oc2ccc(CN(CC(=O)O)C(=O)c3ccc(NC(=O)c4ccc(OC)cc4C(F)(F)F)cc3)cc2)cc1. The molecule has 4 rings (SSSR count). The van der Waals surface area contributed by atoms with Gasteiger partial charge in [-0.1, -0.05) is 44.7 Å². The highest BCUT2D eigenvalue weighted by atomic mass is 19.4. The van der Waals surface area contributed by atoms with E-state index in [1.807, 2.05) is 0 Å². The van der Waals surface area contributed by atoms with Crippen molar-refractivity contribution in [2.75, 3.05) is 25.6 Å². The van der Waals surface area contributed by atoms with Crippen LogP contribution in [0.15, 0.2) is 91.0 Å². The van der Waals surface area contributed by atoms with Gasteiger partial charge in [0.1, 0.15) is 23.8 Å². The van der Waals surface area contributed by atoms with E-state index in [2.05, 4.69) is 12.2 Å². The van der Waals surface area contributed by atoms with Gasteiger partial charge in [-0.3, -0.25) is 14.4 Å². The molecule has 0 aromatic heterocycles. The molecule has 0 aliphatic rings. The van der Waals surface area contributed by atoms with Gasteiger partial charge in [0.2, 0.25) is 0 Å². The summed E-state index contributed by atoms with van der Waals surface area (Å²) in [7, 11) is 1.21. The number of carboxylic acids is 1. The maximum Gasteiger partial charge on any atom is 0.417 e. The fourth-order valence-corrected chi connectivity index (χ4v) is 5.15. The van der Waals surface area contributed by atoms with E-state index in [1.54, 1.807) is 36.4 Å². The number of nitrogens with one attached hydrogen (secondary N) is 1. The lowest BCUT2D eigenvalue weighted by Crippen LogP contribution is -2.35. The summed E-state index contributed by atoms with van der Waals surface area (Å²) in [4.78, 5) is 51.5. The van der Waals surface area contributed by atoms with Gasteiger partial charge in [-0.25, -0.2) is 4.79 Å². The van der Waals surface area contributed by atoms with Gasteiger partial charge in [0.15, 0.2) is 0 Å². The number of aliphatic carboxylic acids is 1. The van der Waals surface area contributed by atoms with Gasteiger partial charge >= 0.3 is 18.1 Å².